The summed E-state index contributed by atoms with van der Waals surface area (Å²) in [5.41, 5.74) is 0. The van der Waals surface area contributed by atoms with Crippen molar-refractivity contribution in [3.63, 3.8) is 0 Å². The van der Waals surface area contributed by atoms with E-state index in [0.29, 0.717) is 18.8 Å². The van der Waals surface area contributed by atoms with Crippen molar-refractivity contribution in [1.82, 2.24) is 5.32 Å². The lowest BCUT2D eigenvalue weighted by Crippen LogP contribution is -2.50. The summed E-state index contributed by atoms with van der Waals surface area (Å²) < 4.78 is 39.2. The van der Waals surface area contributed by atoms with E-state index in [1.54, 1.807) is 0 Å². The first-order valence-corrected chi connectivity index (χ1v) is 7.81. The van der Waals surface area contributed by atoms with Gasteiger partial charge >= 0.3 is 6.18 Å². The van der Waals surface area contributed by atoms with Crippen LogP contribution in [0.3, 0.4) is 0 Å². The quantitative estimate of drug-likeness (QED) is 0.723. The van der Waals surface area contributed by atoms with E-state index in [9.17, 15) is 13.2 Å². The number of alkyl halides is 3. The summed E-state index contributed by atoms with van der Waals surface area (Å²) >= 11 is 0. The molecule has 0 heterocycles. The second-order valence-electron chi connectivity index (χ2n) is 6.43. The van der Waals surface area contributed by atoms with Gasteiger partial charge in [-0.25, -0.2) is 0 Å². The molecule has 1 nitrogen and oxygen atoms in total. The fourth-order valence-electron chi connectivity index (χ4n) is 3.74. The van der Waals surface area contributed by atoms with Crippen LogP contribution in [0.15, 0.2) is 0 Å². The molecule has 4 heteroatoms. The number of hydrogen-bond acceptors (Lipinski definition) is 1. The predicted octanol–water partition coefficient (Wildman–Crippen LogP) is 4.67. The zero-order valence-electron chi connectivity index (χ0n) is 11.8. The molecular formula is C15H26F3N. The highest BCUT2D eigenvalue weighted by atomic mass is 19.4. The molecule has 2 aliphatic carbocycles. The molecule has 0 aromatic rings. The van der Waals surface area contributed by atoms with Crippen LogP contribution >= 0.6 is 0 Å². The maximum atomic E-state index is 13.1. The van der Waals surface area contributed by atoms with Gasteiger partial charge in [-0.1, -0.05) is 39.0 Å². The average Bonchev–Trinajstić information content (AvgIpc) is 2.54. The lowest BCUT2D eigenvalue weighted by Gasteiger charge is -2.37. The molecule has 0 spiro atoms. The SMILES string of the molecule is CC1CCCCCC1NC1CCCCC1C(F)(F)F. The van der Waals surface area contributed by atoms with Crippen LogP contribution in [-0.4, -0.2) is 18.3 Å². The summed E-state index contributed by atoms with van der Waals surface area (Å²) in [5.74, 6) is -0.616. The van der Waals surface area contributed by atoms with Gasteiger partial charge in [0.25, 0.3) is 0 Å². The van der Waals surface area contributed by atoms with Gasteiger partial charge in [0.05, 0.1) is 5.92 Å². The van der Waals surface area contributed by atoms with Crippen molar-refractivity contribution in [2.24, 2.45) is 11.8 Å². The molecular weight excluding hydrogens is 251 g/mol. The molecule has 0 radical (unpaired) electrons. The number of rotatable bonds is 2. The van der Waals surface area contributed by atoms with Crippen LogP contribution in [0.4, 0.5) is 13.2 Å². The molecule has 0 bridgehead atoms. The fraction of sp³-hybridized carbons (Fsp3) is 1.00. The molecule has 4 unspecified atom stereocenters. The third kappa shape index (κ3) is 4.11. The van der Waals surface area contributed by atoms with Crippen molar-refractivity contribution >= 4 is 0 Å². The van der Waals surface area contributed by atoms with E-state index in [4.69, 9.17) is 0 Å². The summed E-state index contributed by atoms with van der Waals surface area (Å²) in [6, 6.07) is -0.0604. The molecule has 2 fully saturated rings. The molecule has 1 N–H and O–H groups in total. The maximum absolute atomic E-state index is 13.1. The molecule has 112 valence electrons. The van der Waals surface area contributed by atoms with Crippen molar-refractivity contribution in [3.05, 3.63) is 0 Å². The lowest BCUT2D eigenvalue weighted by atomic mass is 9.82. The van der Waals surface area contributed by atoms with E-state index in [1.807, 2.05) is 0 Å². The smallest absolute Gasteiger partial charge is 0.310 e. The van der Waals surface area contributed by atoms with Crippen LogP contribution in [0.2, 0.25) is 0 Å². The number of halogens is 3. The standard InChI is InChI=1S/C15H26F3N/c1-11-7-3-2-4-9-13(11)19-14-10-6-5-8-12(14)15(16,17)18/h11-14,19H,2-10H2,1H3. The lowest BCUT2D eigenvalue weighted by molar-refractivity contribution is -0.189. The van der Waals surface area contributed by atoms with Gasteiger partial charge in [0.15, 0.2) is 0 Å². The molecule has 0 saturated heterocycles. The second kappa shape index (κ2) is 6.47. The van der Waals surface area contributed by atoms with Crippen molar-refractivity contribution in [2.45, 2.75) is 83.0 Å². The van der Waals surface area contributed by atoms with E-state index >= 15 is 0 Å². The highest BCUT2D eigenvalue weighted by molar-refractivity contribution is 4.89. The van der Waals surface area contributed by atoms with E-state index in [1.165, 1.54) is 12.8 Å². The summed E-state index contributed by atoms with van der Waals surface area (Å²) in [4.78, 5) is 0. The van der Waals surface area contributed by atoms with E-state index < -0.39 is 12.1 Å². The first-order chi connectivity index (χ1) is 8.98. The highest BCUT2D eigenvalue weighted by Crippen LogP contribution is 2.38. The summed E-state index contributed by atoms with van der Waals surface area (Å²) in [6.07, 6.45) is 4.44. The highest BCUT2D eigenvalue weighted by Gasteiger charge is 2.46. The summed E-state index contributed by atoms with van der Waals surface area (Å²) in [7, 11) is 0. The second-order valence-corrected chi connectivity index (χ2v) is 6.43. The monoisotopic (exact) mass is 277 g/mol. The van der Waals surface area contributed by atoms with Gasteiger partial charge in [0, 0.05) is 12.1 Å². The van der Waals surface area contributed by atoms with E-state index in [-0.39, 0.29) is 12.1 Å². The molecule has 0 aromatic carbocycles. The Bertz CT molecular complexity index is 277. The fourth-order valence-corrected chi connectivity index (χ4v) is 3.74. The largest absolute Gasteiger partial charge is 0.393 e. The number of hydrogen-bond donors (Lipinski definition) is 1. The third-order valence-electron chi connectivity index (χ3n) is 4.98. The predicted molar refractivity (Wildman–Crippen MR) is 71.0 cm³/mol. The Balaban J connectivity index is 1.98. The topological polar surface area (TPSA) is 12.0 Å². The van der Waals surface area contributed by atoms with Crippen LogP contribution in [0.25, 0.3) is 0 Å². The third-order valence-corrected chi connectivity index (χ3v) is 4.98. The van der Waals surface area contributed by atoms with Crippen LogP contribution in [0.1, 0.15) is 64.7 Å². The first-order valence-electron chi connectivity index (χ1n) is 7.81. The first kappa shape index (κ1) is 15.1. The maximum Gasteiger partial charge on any atom is 0.393 e. The van der Waals surface area contributed by atoms with Crippen molar-refractivity contribution in [1.29, 1.82) is 0 Å². The molecule has 0 aromatic heterocycles. The van der Waals surface area contributed by atoms with Crippen LogP contribution < -0.4 is 5.32 Å². The average molecular weight is 277 g/mol. The Labute approximate surface area is 114 Å². The normalized spacial score (nSPS) is 37.9. The van der Waals surface area contributed by atoms with Crippen LogP contribution in [0, 0.1) is 11.8 Å². The van der Waals surface area contributed by atoms with Crippen molar-refractivity contribution in [2.75, 3.05) is 0 Å². The van der Waals surface area contributed by atoms with Crippen molar-refractivity contribution < 1.29 is 13.2 Å². The summed E-state index contributed by atoms with van der Waals surface area (Å²) in [5, 5.41) is 3.38. The van der Waals surface area contributed by atoms with Crippen molar-refractivity contribution in [3.8, 4) is 0 Å². The van der Waals surface area contributed by atoms with Gasteiger partial charge in [-0.2, -0.15) is 13.2 Å². The molecule has 2 saturated carbocycles. The Kier molecular flexibility index (Phi) is 5.15. The Morgan fingerprint density at radius 3 is 2.11 bits per heavy atom. The zero-order valence-corrected chi connectivity index (χ0v) is 11.8. The van der Waals surface area contributed by atoms with Gasteiger partial charge in [-0.3, -0.25) is 0 Å². The number of nitrogens with one attached hydrogen (secondary N) is 1. The van der Waals surface area contributed by atoms with Gasteiger partial charge < -0.3 is 5.32 Å². The molecule has 19 heavy (non-hydrogen) atoms. The van der Waals surface area contributed by atoms with E-state index in [0.717, 1.165) is 32.1 Å². The van der Waals surface area contributed by atoms with Gasteiger partial charge in [-0.05, 0) is 31.6 Å². The minimum atomic E-state index is -4.04. The van der Waals surface area contributed by atoms with Gasteiger partial charge in [0.2, 0.25) is 0 Å². The molecule has 2 aliphatic rings. The zero-order chi connectivity index (χ0) is 13.9. The summed E-state index contributed by atoms with van der Waals surface area (Å²) in [6.45, 7) is 2.19. The Morgan fingerprint density at radius 1 is 0.789 bits per heavy atom. The Morgan fingerprint density at radius 2 is 1.37 bits per heavy atom. The molecule has 0 amide bonds. The molecule has 4 atom stereocenters. The minimum Gasteiger partial charge on any atom is -0.310 e. The minimum absolute atomic E-state index is 0.287. The Hall–Kier alpha value is -0.250. The van der Waals surface area contributed by atoms with Gasteiger partial charge in [0.1, 0.15) is 0 Å². The van der Waals surface area contributed by atoms with Gasteiger partial charge in [-0.15, -0.1) is 0 Å². The van der Waals surface area contributed by atoms with E-state index in [2.05, 4.69) is 12.2 Å². The van der Waals surface area contributed by atoms with Crippen LogP contribution in [-0.2, 0) is 0 Å². The van der Waals surface area contributed by atoms with Crippen LogP contribution in [0.5, 0.6) is 0 Å². The molecule has 2 rings (SSSR count). The molecule has 0 aliphatic heterocycles.